The lowest BCUT2D eigenvalue weighted by atomic mass is 9.85. The van der Waals surface area contributed by atoms with Gasteiger partial charge in [0.1, 0.15) is 7.05 Å². The molecule has 3 aromatic rings. The quantitative estimate of drug-likeness (QED) is 0.502. The Hall–Kier alpha value is -2.41. The molecule has 0 spiro atoms. The van der Waals surface area contributed by atoms with E-state index in [1.807, 2.05) is 0 Å². The number of aromatic nitrogens is 1. The van der Waals surface area contributed by atoms with Crippen LogP contribution in [0.4, 0.5) is 0 Å². The fourth-order valence-corrected chi connectivity index (χ4v) is 4.15. The average Bonchev–Trinajstić information content (AvgIpc) is 2.55. The van der Waals surface area contributed by atoms with Gasteiger partial charge in [0, 0.05) is 12.1 Å². The molecule has 1 aromatic heterocycles. The van der Waals surface area contributed by atoms with E-state index in [1.165, 1.54) is 61.3 Å². The Bertz CT molecular complexity index is 1010. The average molecular weight is 345 g/mol. The Morgan fingerprint density at radius 1 is 0.615 bits per heavy atom. The van der Waals surface area contributed by atoms with Gasteiger partial charge in [-0.05, 0) is 98.5 Å². The van der Waals surface area contributed by atoms with Crippen LogP contribution in [0.25, 0.3) is 22.4 Å². The molecule has 0 amide bonds. The van der Waals surface area contributed by atoms with Crippen LogP contribution in [0.5, 0.6) is 0 Å². The Morgan fingerprint density at radius 3 is 1.88 bits per heavy atom. The van der Waals surface area contributed by atoms with E-state index in [9.17, 15) is 0 Å². The monoisotopic (exact) mass is 344 g/mol. The molecule has 134 valence electrons. The molecule has 0 saturated heterocycles. The summed E-state index contributed by atoms with van der Waals surface area (Å²) < 4.78 is 2.23. The molecule has 0 aliphatic rings. The van der Waals surface area contributed by atoms with Crippen molar-refractivity contribution in [3.8, 4) is 22.4 Å². The van der Waals surface area contributed by atoms with Crippen molar-refractivity contribution >= 4 is 0 Å². The topological polar surface area (TPSA) is 3.88 Å². The maximum atomic E-state index is 2.36. The number of pyridine rings is 1. The van der Waals surface area contributed by atoms with Crippen molar-refractivity contribution in [1.82, 2.24) is 0 Å². The molecule has 2 aromatic carbocycles. The molecule has 0 aliphatic carbocycles. The largest absolute Gasteiger partial charge is 0.213 e. The first-order chi connectivity index (χ1) is 12.2. The summed E-state index contributed by atoms with van der Waals surface area (Å²) in [6.07, 6.45) is 2.16. The first-order valence-corrected chi connectivity index (χ1v) is 9.36. The van der Waals surface area contributed by atoms with Gasteiger partial charge >= 0.3 is 0 Å². The van der Waals surface area contributed by atoms with Crippen LogP contribution in [-0.2, 0) is 7.05 Å². The highest BCUT2D eigenvalue weighted by Crippen LogP contribution is 2.38. The summed E-state index contributed by atoms with van der Waals surface area (Å²) in [7, 11) is 2.13. The smallest absolute Gasteiger partial charge is 0.201 e. The van der Waals surface area contributed by atoms with E-state index >= 15 is 0 Å². The highest BCUT2D eigenvalue weighted by Gasteiger charge is 2.21. The Kier molecular flexibility index (Phi) is 4.75. The summed E-state index contributed by atoms with van der Waals surface area (Å²) in [5.74, 6) is 0. The lowest BCUT2D eigenvalue weighted by molar-refractivity contribution is -0.660. The third kappa shape index (κ3) is 3.07. The van der Waals surface area contributed by atoms with Crippen LogP contribution in [0, 0.1) is 48.5 Å². The number of hydrogen-bond donors (Lipinski definition) is 0. The molecule has 0 aliphatic heterocycles. The van der Waals surface area contributed by atoms with Gasteiger partial charge in [0.2, 0.25) is 5.69 Å². The summed E-state index contributed by atoms with van der Waals surface area (Å²) in [5, 5.41) is 0. The van der Waals surface area contributed by atoms with Crippen LogP contribution >= 0.6 is 0 Å². The first-order valence-electron chi connectivity index (χ1n) is 9.36. The third-order valence-electron chi connectivity index (χ3n) is 5.64. The molecular formula is C25H30N+. The lowest BCUT2D eigenvalue weighted by Crippen LogP contribution is -2.31. The van der Waals surface area contributed by atoms with Gasteiger partial charge in [0.25, 0.3) is 0 Å². The zero-order chi connectivity index (χ0) is 19.2. The fourth-order valence-electron chi connectivity index (χ4n) is 4.15. The van der Waals surface area contributed by atoms with E-state index in [0.717, 1.165) is 0 Å². The molecule has 1 nitrogen and oxygen atoms in total. The van der Waals surface area contributed by atoms with Crippen LogP contribution < -0.4 is 4.57 Å². The van der Waals surface area contributed by atoms with Gasteiger partial charge in [-0.15, -0.1) is 0 Å². The van der Waals surface area contributed by atoms with Gasteiger partial charge in [-0.3, -0.25) is 0 Å². The first kappa shape index (κ1) is 18.4. The van der Waals surface area contributed by atoms with E-state index in [4.69, 9.17) is 0 Å². The van der Waals surface area contributed by atoms with Crippen molar-refractivity contribution in [2.24, 2.45) is 7.05 Å². The molecule has 26 heavy (non-hydrogen) atoms. The summed E-state index contributed by atoms with van der Waals surface area (Å²) in [6, 6.07) is 11.5. The molecule has 1 heteroatoms. The second kappa shape index (κ2) is 6.72. The van der Waals surface area contributed by atoms with Gasteiger partial charge < -0.3 is 0 Å². The van der Waals surface area contributed by atoms with E-state index < -0.39 is 0 Å². The third-order valence-corrected chi connectivity index (χ3v) is 5.64. The van der Waals surface area contributed by atoms with Crippen LogP contribution in [0.2, 0.25) is 0 Å². The highest BCUT2D eigenvalue weighted by atomic mass is 14.9. The van der Waals surface area contributed by atoms with Gasteiger partial charge in [0.05, 0.1) is 5.56 Å². The van der Waals surface area contributed by atoms with Crippen LogP contribution in [0.1, 0.15) is 38.9 Å². The zero-order valence-corrected chi connectivity index (χ0v) is 17.4. The minimum Gasteiger partial charge on any atom is -0.201 e. The van der Waals surface area contributed by atoms with Gasteiger partial charge in [-0.25, -0.2) is 4.57 Å². The number of hydrogen-bond acceptors (Lipinski definition) is 0. The molecule has 0 bridgehead atoms. The second-order valence-corrected chi connectivity index (χ2v) is 7.84. The molecule has 0 unspecified atom stereocenters. The van der Waals surface area contributed by atoms with Crippen LogP contribution in [-0.4, -0.2) is 0 Å². The van der Waals surface area contributed by atoms with Crippen molar-refractivity contribution in [3.63, 3.8) is 0 Å². The summed E-state index contributed by atoms with van der Waals surface area (Å²) in [5.41, 5.74) is 14.8. The van der Waals surface area contributed by atoms with Gasteiger partial charge in [-0.1, -0.05) is 18.2 Å². The molecular weight excluding hydrogens is 314 g/mol. The number of nitrogens with zero attached hydrogens (tertiary/aromatic N) is 1. The van der Waals surface area contributed by atoms with Crippen molar-refractivity contribution in [1.29, 1.82) is 0 Å². The number of aryl methyl sites for hydroxylation is 7. The molecule has 0 radical (unpaired) electrons. The van der Waals surface area contributed by atoms with Crippen molar-refractivity contribution in [3.05, 3.63) is 75.5 Å². The lowest BCUT2D eigenvalue weighted by Gasteiger charge is -2.19. The zero-order valence-electron chi connectivity index (χ0n) is 17.4. The summed E-state index contributed by atoms with van der Waals surface area (Å²) >= 11 is 0. The Labute approximate surface area is 158 Å². The van der Waals surface area contributed by atoms with E-state index in [2.05, 4.69) is 96.6 Å². The fraction of sp³-hybridized carbons (Fsp3) is 0.320. The normalized spacial score (nSPS) is 11.1. The van der Waals surface area contributed by atoms with Crippen molar-refractivity contribution in [2.45, 2.75) is 48.5 Å². The molecule has 0 atom stereocenters. The minimum atomic E-state index is 1.28. The number of benzene rings is 2. The Morgan fingerprint density at radius 2 is 1.19 bits per heavy atom. The van der Waals surface area contributed by atoms with Crippen LogP contribution in [0.15, 0.2) is 36.5 Å². The number of rotatable bonds is 2. The molecule has 0 saturated carbocycles. The maximum Gasteiger partial charge on any atom is 0.213 e. The van der Waals surface area contributed by atoms with E-state index in [1.54, 1.807) is 0 Å². The van der Waals surface area contributed by atoms with E-state index in [-0.39, 0.29) is 0 Å². The second-order valence-electron chi connectivity index (χ2n) is 7.84. The van der Waals surface area contributed by atoms with Gasteiger partial charge in [0.15, 0.2) is 6.20 Å². The van der Waals surface area contributed by atoms with Gasteiger partial charge in [-0.2, -0.15) is 0 Å². The summed E-state index contributed by atoms with van der Waals surface area (Å²) in [6.45, 7) is 15.5. The highest BCUT2D eigenvalue weighted by molar-refractivity contribution is 5.82. The standard InChI is InChI=1S/C25H30N/c1-15-9-10-26(8)23(11-15)25-20(6)13-19(5)24(21(25)7)22-14-17(3)16(2)12-18(22)4/h9-14H,1-8H3/q+1. The van der Waals surface area contributed by atoms with Crippen LogP contribution in [0.3, 0.4) is 0 Å². The molecule has 1 heterocycles. The molecule has 0 N–H and O–H groups in total. The van der Waals surface area contributed by atoms with Crippen molar-refractivity contribution < 1.29 is 4.57 Å². The Balaban J connectivity index is 2.37. The van der Waals surface area contributed by atoms with E-state index in [0.29, 0.717) is 0 Å². The minimum absolute atomic E-state index is 1.28. The summed E-state index contributed by atoms with van der Waals surface area (Å²) in [4.78, 5) is 0. The SMILES string of the molecule is Cc1cc[n+](C)c(-c2c(C)cc(C)c(-c3cc(C)c(C)cc3C)c2C)c1. The maximum absolute atomic E-state index is 2.36. The predicted octanol–water partition coefficient (Wildman–Crippen LogP) is 6.00. The predicted molar refractivity (Wildman–Crippen MR) is 112 cm³/mol. The van der Waals surface area contributed by atoms with Crippen molar-refractivity contribution in [2.75, 3.05) is 0 Å². The molecule has 0 fully saturated rings. The molecule has 3 rings (SSSR count).